The molecule has 4 aromatic rings. The average Bonchev–Trinajstić information content (AvgIpc) is 3.55. The molecule has 0 radical (unpaired) electrons. The summed E-state index contributed by atoms with van der Waals surface area (Å²) in [5.41, 5.74) is 11.5. The van der Waals surface area contributed by atoms with Gasteiger partial charge in [-0.25, -0.2) is 0 Å². The Bertz CT molecular complexity index is 1650. The molecule has 0 spiro atoms. The zero-order chi connectivity index (χ0) is 29.6. The molecule has 7 rings (SSSR count). The van der Waals surface area contributed by atoms with E-state index in [-0.39, 0.29) is 11.6 Å². The van der Waals surface area contributed by atoms with Crippen LogP contribution in [0.3, 0.4) is 0 Å². The molecule has 0 nitrogen and oxygen atoms in total. The van der Waals surface area contributed by atoms with Crippen LogP contribution >= 0.6 is 0 Å². The summed E-state index contributed by atoms with van der Waals surface area (Å²) in [6.45, 7) is 9.91. The van der Waals surface area contributed by atoms with Gasteiger partial charge in [0.1, 0.15) is 0 Å². The van der Waals surface area contributed by atoms with Crippen molar-refractivity contribution in [1.29, 1.82) is 0 Å². The fourth-order valence-corrected chi connectivity index (χ4v) is 41.9. The maximum absolute atomic E-state index is 13.9. The molecule has 2 unspecified atom stereocenters. The van der Waals surface area contributed by atoms with Crippen molar-refractivity contribution >= 4 is 20.2 Å². The molecule has 0 saturated carbocycles. The monoisotopic (exact) mass is 740 g/mol. The van der Waals surface area contributed by atoms with Crippen LogP contribution in [0.2, 0.25) is 20.4 Å². The van der Waals surface area contributed by atoms with E-state index < -0.39 is 28.0 Å². The van der Waals surface area contributed by atoms with Gasteiger partial charge >= 0.3 is 256 Å². The van der Waals surface area contributed by atoms with Gasteiger partial charge in [-0.2, -0.15) is 0 Å². The standard InChI is InChI=1S/C36H32F2Si.2CH3.Hf/c1-23(2)39(24(3)4,31-19-27-7-5-9-33(35(27)21-31)25-11-15-29(37)16-12-25)32-20-28-8-6-10-34(36(28)22-32)26-13-17-30(38)18-14-26;;;/h5-24H,1-4H3;2*1H3;. The number of fused-ring (bicyclic) bond motifs is 6. The van der Waals surface area contributed by atoms with E-state index in [4.69, 9.17) is 0 Å². The van der Waals surface area contributed by atoms with Gasteiger partial charge in [0.25, 0.3) is 0 Å². The predicted octanol–water partition coefficient (Wildman–Crippen LogP) is 11.5. The average molecular weight is 739 g/mol. The summed E-state index contributed by atoms with van der Waals surface area (Å²) in [6.07, 6.45) is 5.24. The van der Waals surface area contributed by atoms with Gasteiger partial charge in [-0.15, -0.1) is 0 Å². The van der Waals surface area contributed by atoms with Gasteiger partial charge < -0.3 is 0 Å². The van der Waals surface area contributed by atoms with E-state index in [0.717, 1.165) is 11.1 Å². The summed E-state index contributed by atoms with van der Waals surface area (Å²) < 4.78 is 34.2. The third-order valence-electron chi connectivity index (χ3n) is 10.7. The van der Waals surface area contributed by atoms with Crippen LogP contribution in [0, 0.1) is 11.6 Å². The number of hydrogen-bond acceptors (Lipinski definition) is 0. The van der Waals surface area contributed by atoms with Crippen LogP contribution in [0.5, 0.6) is 0 Å². The van der Waals surface area contributed by atoms with Gasteiger partial charge in [-0.05, 0) is 0 Å². The first-order valence-electron chi connectivity index (χ1n) is 15.3. The minimum absolute atomic E-state index is 0.194. The Labute approximate surface area is 254 Å². The summed E-state index contributed by atoms with van der Waals surface area (Å²) in [7, 11) is -2.19. The molecule has 212 valence electrons. The summed E-state index contributed by atoms with van der Waals surface area (Å²) in [4.78, 5) is 0. The van der Waals surface area contributed by atoms with Gasteiger partial charge in [0, 0.05) is 0 Å². The zero-order valence-electron chi connectivity index (χ0n) is 25.3. The second-order valence-corrected chi connectivity index (χ2v) is 36.1. The van der Waals surface area contributed by atoms with E-state index in [1.807, 2.05) is 24.3 Å². The number of benzene rings is 4. The molecule has 2 atom stereocenters. The van der Waals surface area contributed by atoms with Crippen molar-refractivity contribution in [2.75, 3.05) is 0 Å². The normalized spacial score (nSPS) is 21.0. The van der Waals surface area contributed by atoms with Crippen molar-refractivity contribution in [3.8, 4) is 22.3 Å². The Balaban J connectivity index is 1.50. The number of halogens is 2. The van der Waals surface area contributed by atoms with Crippen molar-refractivity contribution in [2.45, 2.75) is 55.5 Å². The molecule has 1 heterocycles. The van der Waals surface area contributed by atoms with Gasteiger partial charge in [0.05, 0.1) is 0 Å². The van der Waals surface area contributed by atoms with Crippen molar-refractivity contribution in [2.24, 2.45) is 0 Å². The first-order valence-corrected chi connectivity index (χ1v) is 28.8. The molecule has 1 saturated heterocycles. The van der Waals surface area contributed by atoms with Crippen molar-refractivity contribution in [1.82, 2.24) is 0 Å². The van der Waals surface area contributed by atoms with E-state index in [9.17, 15) is 8.78 Å². The molecule has 4 aromatic carbocycles. The first-order chi connectivity index (χ1) is 20.1. The summed E-state index contributed by atoms with van der Waals surface area (Å²) in [6, 6.07) is 27.8. The molecular formula is C38H38F2HfSi. The van der Waals surface area contributed by atoms with Crippen molar-refractivity contribution in [3.05, 3.63) is 129 Å². The van der Waals surface area contributed by atoms with Crippen LogP contribution in [0.1, 0.15) is 57.3 Å². The third kappa shape index (κ3) is 3.83. The van der Waals surface area contributed by atoms with E-state index in [0.29, 0.717) is 18.4 Å². The van der Waals surface area contributed by atoms with Crippen molar-refractivity contribution in [3.63, 3.8) is 0 Å². The van der Waals surface area contributed by atoms with Crippen LogP contribution in [-0.4, -0.2) is 8.07 Å². The molecule has 1 fully saturated rings. The molecule has 42 heavy (non-hydrogen) atoms. The number of hydrogen-bond donors (Lipinski definition) is 0. The van der Waals surface area contributed by atoms with E-state index in [1.54, 1.807) is 34.7 Å². The molecule has 2 aliphatic carbocycles. The fourth-order valence-electron chi connectivity index (χ4n) is 9.22. The van der Waals surface area contributed by atoms with Gasteiger partial charge in [0.15, 0.2) is 0 Å². The second kappa shape index (κ2) is 9.92. The summed E-state index contributed by atoms with van der Waals surface area (Å²) in [5, 5.41) is 3.50. The minimum atomic E-state index is -3.20. The van der Waals surface area contributed by atoms with Crippen molar-refractivity contribution < 1.29 is 28.7 Å². The predicted molar refractivity (Wildman–Crippen MR) is 173 cm³/mol. The third-order valence-corrected chi connectivity index (χ3v) is 34.4. The molecule has 0 N–H and O–H groups in total. The summed E-state index contributed by atoms with van der Waals surface area (Å²) >= 11 is -3.20. The molecular weight excluding hydrogens is 701 g/mol. The Hall–Kier alpha value is -2.69. The van der Waals surface area contributed by atoms with Crippen LogP contribution in [-0.2, 0) is 20.0 Å². The zero-order valence-corrected chi connectivity index (χ0v) is 29.9. The van der Waals surface area contributed by atoms with Crippen LogP contribution < -0.4 is 0 Å². The Morgan fingerprint density at radius 3 is 1.31 bits per heavy atom. The molecule has 0 aromatic heterocycles. The summed E-state index contributed by atoms with van der Waals surface area (Å²) in [5.74, 6) is -0.387. The Kier molecular flexibility index (Phi) is 6.64. The molecule has 4 heteroatoms. The van der Waals surface area contributed by atoms with Crippen LogP contribution in [0.25, 0.3) is 34.4 Å². The van der Waals surface area contributed by atoms with Gasteiger partial charge in [0.2, 0.25) is 0 Å². The van der Waals surface area contributed by atoms with E-state index in [1.165, 1.54) is 33.4 Å². The van der Waals surface area contributed by atoms with Crippen LogP contribution in [0.4, 0.5) is 8.78 Å². The number of rotatable bonds is 4. The maximum atomic E-state index is 13.9. The fraction of sp³-hybridized carbons (Fsp3) is 0.263. The molecule has 0 amide bonds. The Morgan fingerprint density at radius 1 is 0.571 bits per heavy atom. The number of allylic oxidation sites excluding steroid dienone is 2. The SMILES string of the molecule is CC(C)[Si]1(C(C)C)C2=Cc3c(-c4ccc(F)cc4)cccc3[CH]2[Hf]([CH3])([CH3])[CH]2C1=Cc1c(-c3ccc(F)cc3)cccc12. The first kappa shape index (κ1) is 28.1. The van der Waals surface area contributed by atoms with Crippen LogP contribution in [0.15, 0.2) is 95.3 Å². The van der Waals surface area contributed by atoms with Gasteiger partial charge in [-0.3, -0.25) is 0 Å². The molecule has 3 aliphatic rings. The quantitative estimate of drug-likeness (QED) is 0.183. The molecule has 1 aliphatic heterocycles. The van der Waals surface area contributed by atoms with E-state index >= 15 is 0 Å². The molecule has 0 bridgehead atoms. The van der Waals surface area contributed by atoms with Gasteiger partial charge in [-0.1, -0.05) is 0 Å². The van der Waals surface area contributed by atoms with E-state index in [2.05, 4.69) is 85.6 Å². The topological polar surface area (TPSA) is 0 Å². The Morgan fingerprint density at radius 2 is 0.952 bits per heavy atom. The second-order valence-electron chi connectivity index (χ2n) is 13.7.